The molecule has 5 nitrogen and oxygen atoms in total. The Morgan fingerprint density at radius 2 is 1.83 bits per heavy atom. The van der Waals surface area contributed by atoms with Crippen LogP contribution in [0.2, 0.25) is 0 Å². The van der Waals surface area contributed by atoms with Gasteiger partial charge in [0.2, 0.25) is 0 Å². The summed E-state index contributed by atoms with van der Waals surface area (Å²) in [6.45, 7) is 0.285. The summed E-state index contributed by atoms with van der Waals surface area (Å²) in [5.74, 6) is 0. The molecule has 2 amide bonds. The number of nitrogens with one attached hydrogen (secondary N) is 2. The average molecular weight is 336 g/mol. The number of alkyl halides is 3. The van der Waals surface area contributed by atoms with E-state index < -0.39 is 24.9 Å². The molecule has 0 spiro atoms. The number of amides is 2. The Kier molecular flexibility index (Phi) is 4.21. The van der Waals surface area contributed by atoms with Crippen LogP contribution in [0.15, 0.2) is 42.5 Å². The molecule has 9 heteroatoms. The van der Waals surface area contributed by atoms with Gasteiger partial charge in [-0.3, -0.25) is 0 Å². The highest BCUT2D eigenvalue weighted by Gasteiger charge is 2.30. The van der Waals surface area contributed by atoms with Crippen LogP contribution in [0.3, 0.4) is 0 Å². The Morgan fingerprint density at radius 1 is 1.12 bits per heavy atom. The first-order valence-corrected chi connectivity index (χ1v) is 7.01. The van der Waals surface area contributed by atoms with E-state index in [4.69, 9.17) is 4.65 Å². The van der Waals surface area contributed by atoms with Crippen LogP contribution in [0.4, 0.5) is 29.3 Å². The van der Waals surface area contributed by atoms with Crippen molar-refractivity contribution >= 4 is 30.0 Å². The molecular formula is C15H12BF3N2O3. The molecule has 1 heterocycles. The van der Waals surface area contributed by atoms with Crippen LogP contribution in [0.5, 0.6) is 0 Å². The maximum absolute atomic E-state index is 12.7. The van der Waals surface area contributed by atoms with E-state index >= 15 is 0 Å². The Balaban J connectivity index is 1.69. The molecule has 0 radical (unpaired) electrons. The zero-order chi connectivity index (χ0) is 17.3. The molecule has 3 N–H and O–H groups in total. The van der Waals surface area contributed by atoms with Crippen LogP contribution >= 0.6 is 0 Å². The van der Waals surface area contributed by atoms with Crippen molar-refractivity contribution in [3.63, 3.8) is 0 Å². The Bertz CT molecular complexity index is 783. The van der Waals surface area contributed by atoms with Gasteiger partial charge in [0, 0.05) is 11.4 Å². The van der Waals surface area contributed by atoms with Crippen LogP contribution in [0.1, 0.15) is 11.1 Å². The molecule has 2 aromatic rings. The summed E-state index contributed by atoms with van der Waals surface area (Å²) in [4.78, 5) is 11.9. The van der Waals surface area contributed by atoms with Crippen molar-refractivity contribution < 1.29 is 27.6 Å². The molecule has 24 heavy (non-hydrogen) atoms. The Morgan fingerprint density at radius 3 is 2.54 bits per heavy atom. The third-order valence-electron chi connectivity index (χ3n) is 3.51. The molecule has 1 aliphatic rings. The van der Waals surface area contributed by atoms with Crippen molar-refractivity contribution in [3.05, 3.63) is 53.6 Å². The van der Waals surface area contributed by atoms with Gasteiger partial charge in [-0.1, -0.05) is 12.1 Å². The number of benzene rings is 2. The van der Waals surface area contributed by atoms with Crippen LogP contribution < -0.4 is 16.1 Å². The topological polar surface area (TPSA) is 70.6 Å². The third-order valence-corrected chi connectivity index (χ3v) is 3.51. The number of urea groups is 1. The van der Waals surface area contributed by atoms with Crippen molar-refractivity contribution in [2.75, 3.05) is 10.6 Å². The standard InChI is InChI=1S/C15H12BF3N2O3/c17-15(18,19)10-2-1-3-11(6-10)20-14(22)21-12-5-4-9-8-24-16(23)13(9)7-12/h1-7,23H,8H2,(H2,20,21,22). The van der Waals surface area contributed by atoms with Crippen molar-refractivity contribution in [3.8, 4) is 0 Å². The maximum atomic E-state index is 12.7. The minimum atomic E-state index is -4.48. The normalized spacial score (nSPS) is 13.6. The van der Waals surface area contributed by atoms with Gasteiger partial charge in [0.15, 0.2) is 0 Å². The zero-order valence-corrected chi connectivity index (χ0v) is 12.2. The van der Waals surface area contributed by atoms with Crippen LogP contribution in [-0.4, -0.2) is 18.2 Å². The van der Waals surface area contributed by atoms with E-state index in [2.05, 4.69) is 10.6 Å². The second-order valence-corrected chi connectivity index (χ2v) is 5.23. The minimum Gasteiger partial charge on any atom is -0.423 e. The summed E-state index contributed by atoms with van der Waals surface area (Å²) in [5.41, 5.74) is 0.922. The lowest BCUT2D eigenvalue weighted by Crippen LogP contribution is -2.29. The molecule has 124 valence electrons. The third kappa shape index (κ3) is 3.52. The summed E-state index contributed by atoms with van der Waals surface area (Å²) < 4.78 is 43.0. The molecule has 0 saturated carbocycles. The van der Waals surface area contributed by atoms with E-state index in [1.807, 2.05) is 0 Å². The lowest BCUT2D eigenvalue weighted by molar-refractivity contribution is -0.137. The molecule has 3 rings (SSSR count). The molecule has 0 atom stereocenters. The van der Waals surface area contributed by atoms with Gasteiger partial charge in [-0.25, -0.2) is 4.79 Å². The summed E-state index contributed by atoms with van der Waals surface area (Å²) in [5, 5.41) is 14.5. The Labute approximate surface area is 135 Å². The predicted molar refractivity (Wildman–Crippen MR) is 82.9 cm³/mol. The highest BCUT2D eigenvalue weighted by atomic mass is 19.4. The van der Waals surface area contributed by atoms with E-state index in [1.165, 1.54) is 12.1 Å². The first kappa shape index (κ1) is 16.3. The van der Waals surface area contributed by atoms with Crippen molar-refractivity contribution in [2.45, 2.75) is 12.8 Å². The van der Waals surface area contributed by atoms with Gasteiger partial charge >= 0.3 is 19.3 Å². The molecule has 0 aliphatic carbocycles. The van der Waals surface area contributed by atoms with E-state index in [1.54, 1.807) is 18.2 Å². The largest absolute Gasteiger partial charge is 0.491 e. The zero-order valence-electron chi connectivity index (χ0n) is 12.2. The van der Waals surface area contributed by atoms with Gasteiger partial charge in [0.25, 0.3) is 0 Å². The molecule has 1 aliphatic heterocycles. The van der Waals surface area contributed by atoms with Crippen molar-refractivity contribution in [1.29, 1.82) is 0 Å². The number of rotatable bonds is 2. The van der Waals surface area contributed by atoms with Gasteiger partial charge in [0.1, 0.15) is 0 Å². The lowest BCUT2D eigenvalue weighted by Gasteiger charge is -2.11. The quantitative estimate of drug-likeness (QED) is 0.739. The number of hydrogen-bond acceptors (Lipinski definition) is 3. The first-order valence-electron chi connectivity index (χ1n) is 7.01. The molecule has 0 aromatic heterocycles. The number of carbonyl (C=O) groups is 1. The molecule has 2 aromatic carbocycles. The summed E-state index contributed by atoms with van der Waals surface area (Å²) >= 11 is 0. The van der Waals surface area contributed by atoms with Crippen LogP contribution in [0, 0.1) is 0 Å². The lowest BCUT2D eigenvalue weighted by atomic mass is 9.79. The summed E-state index contributed by atoms with van der Waals surface area (Å²) in [6, 6.07) is 8.51. The van der Waals surface area contributed by atoms with Gasteiger partial charge in [0.05, 0.1) is 12.2 Å². The van der Waals surface area contributed by atoms with Gasteiger partial charge in [-0.2, -0.15) is 13.2 Å². The van der Waals surface area contributed by atoms with Crippen LogP contribution in [-0.2, 0) is 17.4 Å². The van der Waals surface area contributed by atoms with Crippen molar-refractivity contribution in [1.82, 2.24) is 0 Å². The number of halogens is 3. The molecular weight excluding hydrogens is 324 g/mol. The fraction of sp³-hybridized carbons (Fsp3) is 0.133. The van der Waals surface area contributed by atoms with E-state index in [-0.39, 0.29) is 12.3 Å². The number of hydrogen-bond donors (Lipinski definition) is 3. The predicted octanol–water partition coefficient (Wildman–Crippen LogP) is 2.57. The second-order valence-electron chi connectivity index (χ2n) is 5.23. The Hall–Kier alpha value is -2.52. The number of anilines is 2. The molecule has 0 unspecified atom stereocenters. The van der Waals surface area contributed by atoms with E-state index in [0.29, 0.717) is 11.2 Å². The highest BCUT2D eigenvalue weighted by molar-refractivity contribution is 6.61. The second kappa shape index (κ2) is 6.18. The van der Waals surface area contributed by atoms with Gasteiger partial charge in [-0.05, 0) is 41.4 Å². The minimum absolute atomic E-state index is 0.0202. The number of fused-ring (bicyclic) bond motifs is 1. The van der Waals surface area contributed by atoms with Gasteiger partial charge < -0.3 is 20.3 Å². The molecule has 0 saturated heterocycles. The number of carbonyl (C=O) groups excluding carboxylic acids is 1. The van der Waals surface area contributed by atoms with E-state index in [9.17, 15) is 23.0 Å². The smallest absolute Gasteiger partial charge is 0.423 e. The average Bonchev–Trinajstić information content (AvgIpc) is 2.88. The summed E-state index contributed by atoms with van der Waals surface area (Å²) in [7, 11) is -1.05. The van der Waals surface area contributed by atoms with Gasteiger partial charge in [-0.15, -0.1) is 0 Å². The fourth-order valence-corrected chi connectivity index (χ4v) is 2.36. The summed E-state index contributed by atoms with van der Waals surface area (Å²) in [6.07, 6.45) is -4.48. The van der Waals surface area contributed by atoms with E-state index in [0.717, 1.165) is 17.7 Å². The highest BCUT2D eigenvalue weighted by Crippen LogP contribution is 2.30. The van der Waals surface area contributed by atoms with Crippen LogP contribution in [0.25, 0.3) is 0 Å². The SMILES string of the molecule is O=C(Nc1cccc(C(F)(F)F)c1)Nc1ccc2c(c1)B(O)OC2. The fourth-order valence-electron chi connectivity index (χ4n) is 2.36. The molecule has 0 bridgehead atoms. The maximum Gasteiger partial charge on any atom is 0.491 e. The molecule has 0 fully saturated rings. The monoisotopic (exact) mass is 336 g/mol. The van der Waals surface area contributed by atoms with Crippen molar-refractivity contribution in [2.24, 2.45) is 0 Å². The first-order chi connectivity index (χ1) is 11.3.